The van der Waals surface area contributed by atoms with E-state index >= 15 is 0 Å². The Labute approximate surface area is 118 Å². The Balaban J connectivity index is 1.98. The van der Waals surface area contributed by atoms with Crippen LogP contribution in [0, 0.1) is 3.57 Å². The molecule has 2 aromatic rings. The topological polar surface area (TPSA) is 54.4 Å². The van der Waals surface area contributed by atoms with Gasteiger partial charge in [-0.25, -0.2) is 5.43 Å². The summed E-state index contributed by atoms with van der Waals surface area (Å²) in [6.07, 6.45) is 4.75. The Kier molecular flexibility index (Phi) is 4.40. The van der Waals surface area contributed by atoms with Crippen molar-refractivity contribution in [2.24, 2.45) is 5.10 Å². The molecule has 2 rings (SSSR count). The summed E-state index contributed by atoms with van der Waals surface area (Å²) in [4.78, 5) is 15.5. The molecule has 0 spiro atoms. The largest absolute Gasteiger partial charge is 0.271 e. The van der Waals surface area contributed by atoms with E-state index in [1.165, 1.54) is 0 Å². The van der Waals surface area contributed by atoms with E-state index in [0.717, 1.165) is 9.13 Å². The van der Waals surface area contributed by atoms with Gasteiger partial charge in [0, 0.05) is 21.5 Å². The van der Waals surface area contributed by atoms with E-state index in [1.54, 1.807) is 30.7 Å². The Morgan fingerprint density at radius 2 is 2.06 bits per heavy atom. The second kappa shape index (κ2) is 6.25. The van der Waals surface area contributed by atoms with Crippen molar-refractivity contribution in [3.05, 3.63) is 63.5 Å². The van der Waals surface area contributed by atoms with Gasteiger partial charge in [0.2, 0.25) is 0 Å². The van der Waals surface area contributed by atoms with Crippen LogP contribution in [0.1, 0.15) is 15.9 Å². The first-order chi connectivity index (χ1) is 8.75. The van der Waals surface area contributed by atoms with E-state index in [4.69, 9.17) is 0 Å². The summed E-state index contributed by atoms with van der Waals surface area (Å²) >= 11 is 2.22. The number of nitrogens with one attached hydrogen (secondary N) is 1. The van der Waals surface area contributed by atoms with E-state index in [0.29, 0.717) is 5.56 Å². The molecule has 1 aromatic heterocycles. The average molecular weight is 351 g/mol. The molecule has 0 saturated heterocycles. The molecule has 0 saturated carbocycles. The maximum atomic E-state index is 11.6. The predicted octanol–water partition coefficient (Wildman–Crippen LogP) is 2.45. The quantitative estimate of drug-likeness (QED) is 0.525. The molecular formula is C13H10IN3O. The summed E-state index contributed by atoms with van der Waals surface area (Å²) in [5.41, 5.74) is 3.94. The van der Waals surface area contributed by atoms with Crippen LogP contribution in [-0.2, 0) is 0 Å². The SMILES string of the molecule is O=C(N/N=C/c1cccc(I)c1)c1ccncc1. The lowest BCUT2D eigenvalue weighted by molar-refractivity contribution is 0.0955. The van der Waals surface area contributed by atoms with Crippen molar-refractivity contribution < 1.29 is 4.79 Å². The van der Waals surface area contributed by atoms with Crippen molar-refractivity contribution >= 4 is 34.7 Å². The number of hydrogen-bond donors (Lipinski definition) is 1. The number of carbonyl (C=O) groups excluding carboxylic acids is 1. The number of aromatic nitrogens is 1. The van der Waals surface area contributed by atoms with E-state index in [9.17, 15) is 4.79 Å². The normalized spacial score (nSPS) is 10.5. The van der Waals surface area contributed by atoms with Crippen molar-refractivity contribution in [3.63, 3.8) is 0 Å². The second-order valence-electron chi connectivity index (χ2n) is 3.49. The zero-order chi connectivity index (χ0) is 12.8. The lowest BCUT2D eigenvalue weighted by atomic mass is 10.2. The minimum absolute atomic E-state index is 0.251. The molecule has 0 aliphatic heterocycles. The fourth-order valence-electron chi connectivity index (χ4n) is 1.32. The highest BCUT2D eigenvalue weighted by Gasteiger charge is 2.01. The first kappa shape index (κ1) is 12.7. The predicted molar refractivity (Wildman–Crippen MR) is 78.5 cm³/mol. The fourth-order valence-corrected chi connectivity index (χ4v) is 1.89. The van der Waals surface area contributed by atoms with Crippen LogP contribution in [0.2, 0.25) is 0 Å². The summed E-state index contributed by atoms with van der Waals surface area (Å²) in [6.45, 7) is 0. The third-order valence-electron chi connectivity index (χ3n) is 2.17. The molecule has 4 nitrogen and oxygen atoms in total. The zero-order valence-corrected chi connectivity index (χ0v) is 11.5. The van der Waals surface area contributed by atoms with Crippen LogP contribution in [0.3, 0.4) is 0 Å². The van der Waals surface area contributed by atoms with Gasteiger partial charge in [-0.3, -0.25) is 9.78 Å². The van der Waals surface area contributed by atoms with Crippen LogP contribution in [0.5, 0.6) is 0 Å². The zero-order valence-electron chi connectivity index (χ0n) is 9.38. The van der Waals surface area contributed by atoms with Gasteiger partial charge in [-0.1, -0.05) is 12.1 Å². The maximum Gasteiger partial charge on any atom is 0.271 e. The van der Waals surface area contributed by atoms with Gasteiger partial charge in [0.05, 0.1) is 6.21 Å². The molecule has 0 radical (unpaired) electrons. The van der Waals surface area contributed by atoms with Crippen LogP contribution in [-0.4, -0.2) is 17.1 Å². The molecule has 1 N–H and O–H groups in total. The molecule has 0 bridgehead atoms. The molecule has 0 fully saturated rings. The number of benzene rings is 1. The number of carbonyl (C=O) groups is 1. The van der Waals surface area contributed by atoms with Crippen molar-refractivity contribution in [2.75, 3.05) is 0 Å². The van der Waals surface area contributed by atoms with Crippen LogP contribution in [0.15, 0.2) is 53.9 Å². The maximum absolute atomic E-state index is 11.6. The van der Waals surface area contributed by atoms with E-state index in [2.05, 4.69) is 38.1 Å². The number of hydrazone groups is 1. The Morgan fingerprint density at radius 1 is 1.28 bits per heavy atom. The molecule has 5 heteroatoms. The molecule has 1 aromatic carbocycles. The van der Waals surface area contributed by atoms with Crippen LogP contribution >= 0.6 is 22.6 Å². The average Bonchev–Trinajstić information content (AvgIpc) is 2.40. The summed E-state index contributed by atoms with van der Waals surface area (Å²) < 4.78 is 1.12. The molecule has 0 aliphatic rings. The highest BCUT2D eigenvalue weighted by Crippen LogP contribution is 2.05. The van der Waals surface area contributed by atoms with Crippen molar-refractivity contribution in [1.82, 2.24) is 10.4 Å². The highest BCUT2D eigenvalue weighted by atomic mass is 127. The van der Waals surface area contributed by atoms with Gasteiger partial charge in [-0.15, -0.1) is 0 Å². The number of halogens is 1. The summed E-state index contributed by atoms with van der Waals surface area (Å²) in [5.74, 6) is -0.251. The molecule has 0 atom stereocenters. The Bertz CT molecular complexity index is 569. The third-order valence-corrected chi connectivity index (χ3v) is 2.84. The van der Waals surface area contributed by atoms with E-state index in [1.807, 2.05) is 24.3 Å². The van der Waals surface area contributed by atoms with Crippen molar-refractivity contribution in [3.8, 4) is 0 Å². The number of rotatable bonds is 3. The smallest absolute Gasteiger partial charge is 0.267 e. The van der Waals surface area contributed by atoms with Crippen LogP contribution in [0.25, 0.3) is 0 Å². The monoisotopic (exact) mass is 351 g/mol. The number of hydrogen-bond acceptors (Lipinski definition) is 3. The summed E-state index contributed by atoms with van der Waals surface area (Å²) in [6, 6.07) is 11.1. The first-order valence-corrected chi connectivity index (χ1v) is 6.32. The Hall–Kier alpha value is -1.76. The number of amides is 1. The van der Waals surface area contributed by atoms with Crippen molar-refractivity contribution in [2.45, 2.75) is 0 Å². The van der Waals surface area contributed by atoms with Crippen LogP contribution in [0.4, 0.5) is 0 Å². The number of pyridine rings is 1. The van der Waals surface area contributed by atoms with E-state index in [-0.39, 0.29) is 5.91 Å². The fraction of sp³-hybridized carbons (Fsp3) is 0. The Morgan fingerprint density at radius 3 is 2.78 bits per heavy atom. The second-order valence-corrected chi connectivity index (χ2v) is 4.74. The standard InChI is InChI=1S/C13H10IN3O/c14-12-3-1-2-10(8-12)9-16-17-13(18)11-4-6-15-7-5-11/h1-9H,(H,17,18)/b16-9+. The molecular weight excluding hydrogens is 341 g/mol. The molecule has 0 unspecified atom stereocenters. The lowest BCUT2D eigenvalue weighted by Gasteiger charge is -1.98. The van der Waals surface area contributed by atoms with Crippen LogP contribution < -0.4 is 5.43 Å². The molecule has 18 heavy (non-hydrogen) atoms. The van der Waals surface area contributed by atoms with Gasteiger partial charge >= 0.3 is 0 Å². The minimum Gasteiger partial charge on any atom is -0.267 e. The van der Waals surface area contributed by atoms with E-state index < -0.39 is 0 Å². The number of nitrogens with zero attached hydrogens (tertiary/aromatic N) is 2. The summed E-state index contributed by atoms with van der Waals surface area (Å²) in [7, 11) is 0. The molecule has 90 valence electrons. The molecule has 0 aliphatic carbocycles. The highest BCUT2D eigenvalue weighted by molar-refractivity contribution is 14.1. The summed E-state index contributed by atoms with van der Waals surface area (Å²) in [5, 5.41) is 3.91. The first-order valence-electron chi connectivity index (χ1n) is 5.25. The van der Waals surface area contributed by atoms with Gasteiger partial charge in [-0.05, 0) is 52.4 Å². The molecule has 1 heterocycles. The minimum atomic E-state index is -0.251. The third kappa shape index (κ3) is 3.63. The lowest BCUT2D eigenvalue weighted by Crippen LogP contribution is -2.17. The van der Waals surface area contributed by atoms with Gasteiger partial charge in [-0.2, -0.15) is 5.10 Å². The van der Waals surface area contributed by atoms with Crippen molar-refractivity contribution in [1.29, 1.82) is 0 Å². The van der Waals surface area contributed by atoms with Gasteiger partial charge in [0.1, 0.15) is 0 Å². The van der Waals surface area contributed by atoms with Gasteiger partial charge in [0.25, 0.3) is 5.91 Å². The van der Waals surface area contributed by atoms with Gasteiger partial charge in [0.15, 0.2) is 0 Å². The molecule has 1 amide bonds. The van der Waals surface area contributed by atoms with Gasteiger partial charge < -0.3 is 0 Å².